The fourth-order valence-corrected chi connectivity index (χ4v) is 3.53. The number of carboxylic acids is 1. The van der Waals surface area contributed by atoms with Crippen molar-refractivity contribution in [1.82, 2.24) is 9.88 Å². The molecule has 0 fully saturated rings. The van der Waals surface area contributed by atoms with Crippen LogP contribution in [0.2, 0.25) is 0 Å². The Labute approximate surface area is 186 Å². The number of hydrogen-bond donors (Lipinski definition) is 2. The smallest absolute Gasteiger partial charge is 0.326 e. The van der Waals surface area contributed by atoms with Crippen molar-refractivity contribution in [2.75, 3.05) is 6.61 Å². The summed E-state index contributed by atoms with van der Waals surface area (Å²) in [6.07, 6.45) is 4.20. The number of carbonyl (C=O) groups excluding carboxylic acids is 1. The lowest BCUT2D eigenvalue weighted by Gasteiger charge is -2.15. The van der Waals surface area contributed by atoms with Crippen LogP contribution in [0, 0.1) is 0 Å². The second kappa shape index (κ2) is 9.83. The molecule has 0 spiro atoms. The van der Waals surface area contributed by atoms with Crippen molar-refractivity contribution in [1.29, 1.82) is 0 Å². The molecule has 0 saturated heterocycles. The van der Waals surface area contributed by atoms with E-state index < -0.39 is 17.9 Å². The van der Waals surface area contributed by atoms with Crippen molar-refractivity contribution < 1.29 is 19.4 Å². The monoisotopic (exact) mass is 428 g/mol. The van der Waals surface area contributed by atoms with Crippen LogP contribution in [0.25, 0.3) is 10.8 Å². The van der Waals surface area contributed by atoms with Crippen LogP contribution in [0.4, 0.5) is 0 Å². The largest absolute Gasteiger partial charge is 0.492 e. The first-order chi connectivity index (χ1) is 15.6. The number of hydrogen-bond acceptors (Lipinski definition) is 3. The van der Waals surface area contributed by atoms with Gasteiger partial charge < -0.3 is 19.7 Å². The van der Waals surface area contributed by atoms with Crippen LogP contribution in [0.1, 0.15) is 15.9 Å². The van der Waals surface area contributed by atoms with Gasteiger partial charge in [0, 0.05) is 24.4 Å². The number of benzene rings is 3. The second-order valence-electron chi connectivity index (χ2n) is 7.55. The Morgan fingerprint density at radius 3 is 2.38 bits per heavy atom. The van der Waals surface area contributed by atoms with Gasteiger partial charge in [-0.05, 0) is 52.7 Å². The van der Waals surface area contributed by atoms with E-state index in [-0.39, 0.29) is 6.42 Å². The zero-order chi connectivity index (χ0) is 22.3. The van der Waals surface area contributed by atoms with Crippen LogP contribution < -0.4 is 10.1 Å². The maximum Gasteiger partial charge on any atom is 0.326 e. The van der Waals surface area contributed by atoms with E-state index in [9.17, 15) is 14.7 Å². The molecule has 0 aliphatic carbocycles. The molecular weight excluding hydrogens is 404 g/mol. The second-order valence-corrected chi connectivity index (χ2v) is 7.55. The lowest BCUT2D eigenvalue weighted by atomic mass is 10.0. The number of carbonyl (C=O) groups is 2. The van der Waals surface area contributed by atoms with Gasteiger partial charge in [-0.15, -0.1) is 0 Å². The average molecular weight is 428 g/mol. The Kier molecular flexibility index (Phi) is 6.51. The number of nitrogens with one attached hydrogen (secondary N) is 1. The first-order valence-electron chi connectivity index (χ1n) is 10.4. The summed E-state index contributed by atoms with van der Waals surface area (Å²) in [5, 5.41) is 14.0. The summed E-state index contributed by atoms with van der Waals surface area (Å²) < 4.78 is 7.89. The molecule has 6 nitrogen and oxygen atoms in total. The minimum absolute atomic E-state index is 0.221. The predicted molar refractivity (Wildman–Crippen MR) is 123 cm³/mol. The molecule has 162 valence electrons. The number of nitrogens with zero attached hydrogens (tertiary/aromatic N) is 1. The number of fused-ring (bicyclic) bond motifs is 1. The Morgan fingerprint density at radius 2 is 1.62 bits per heavy atom. The SMILES string of the molecule is O=C(N[C@@H](Cc1ccccc1)C(=O)O)c1ccc2cc(OCCn3cccc3)ccc2c1. The maximum atomic E-state index is 12.7. The highest BCUT2D eigenvalue weighted by atomic mass is 16.5. The van der Waals surface area contributed by atoms with Crippen molar-refractivity contribution in [2.24, 2.45) is 0 Å². The Balaban J connectivity index is 1.41. The van der Waals surface area contributed by atoms with E-state index >= 15 is 0 Å². The summed E-state index contributed by atoms with van der Waals surface area (Å²) in [4.78, 5) is 24.4. The zero-order valence-electron chi connectivity index (χ0n) is 17.5. The minimum Gasteiger partial charge on any atom is -0.492 e. The van der Waals surface area contributed by atoms with Crippen molar-refractivity contribution in [3.63, 3.8) is 0 Å². The van der Waals surface area contributed by atoms with Gasteiger partial charge in [0.2, 0.25) is 0 Å². The molecule has 4 aromatic rings. The van der Waals surface area contributed by atoms with Gasteiger partial charge in [0.15, 0.2) is 0 Å². The third kappa shape index (κ3) is 5.35. The minimum atomic E-state index is -1.07. The van der Waals surface area contributed by atoms with Crippen LogP contribution in [0.3, 0.4) is 0 Å². The first-order valence-corrected chi connectivity index (χ1v) is 10.4. The molecular formula is C26H24N2O4. The normalized spacial score (nSPS) is 11.8. The van der Waals surface area contributed by atoms with Gasteiger partial charge in [0.1, 0.15) is 18.4 Å². The Morgan fingerprint density at radius 1 is 0.906 bits per heavy atom. The van der Waals surface area contributed by atoms with Crippen molar-refractivity contribution in [2.45, 2.75) is 19.0 Å². The number of aromatic nitrogens is 1. The predicted octanol–water partition coefficient (Wildman–Crippen LogP) is 4.15. The molecule has 3 aromatic carbocycles. The molecule has 2 N–H and O–H groups in total. The quantitative estimate of drug-likeness (QED) is 0.420. The lowest BCUT2D eigenvalue weighted by Crippen LogP contribution is -2.42. The summed E-state index contributed by atoms with van der Waals surface area (Å²) >= 11 is 0. The lowest BCUT2D eigenvalue weighted by molar-refractivity contribution is -0.139. The van der Waals surface area contributed by atoms with Crippen molar-refractivity contribution in [3.05, 3.63) is 102 Å². The van der Waals surface area contributed by atoms with E-state index in [1.807, 2.05) is 83.7 Å². The fourth-order valence-electron chi connectivity index (χ4n) is 3.53. The number of aliphatic carboxylic acids is 1. The molecule has 0 radical (unpaired) electrons. The molecule has 0 unspecified atom stereocenters. The molecule has 1 atom stereocenters. The van der Waals surface area contributed by atoms with Gasteiger partial charge in [-0.1, -0.05) is 42.5 Å². The average Bonchev–Trinajstić information content (AvgIpc) is 3.32. The van der Waals surface area contributed by atoms with E-state index in [1.54, 1.807) is 12.1 Å². The molecule has 4 rings (SSSR count). The highest BCUT2D eigenvalue weighted by Crippen LogP contribution is 2.22. The van der Waals surface area contributed by atoms with E-state index in [0.29, 0.717) is 12.2 Å². The van der Waals surface area contributed by atoms with Crippen molar-refractivity contribution >= 4 is 22.6 Å². The standard InChI is InChI=1S/C26H24N2O4/c29-25(27-24(26(30)31)16-19-6-2-1-3-7-19)22-9-8-21-18-23(11-10-20(21)17-22)32-15-14-28-12-4-5-13-28/h1-13,17-18,24H,14-16H2,(H,27,29)(H,30,31)/t24-/m0/s1. The van der Waals surface area contributed by atoms with Crippen LogP contribution in [-0.4, -0.2) is 34.2 Å². The zero-order valence-corrected chi connectivity index (χ0v) is 17.5. The van der Waals surface area contributed by atoms with Crippen LogP contribution in [-0.2, 0) is 17.8 Å². The van der Waals surface area contributed by atoms with E-state index in [1.165, 1.54) is 0 Å². The maximum absolute atomic E-state index is 12.7. The van der Waals surface area contributed by atoms with E-state index in [0.717, 1.165) is 28.6 Å². The molecule has 6 heteroatoms. The number of amides is 1. The van der Waals surface area contributed by atoms with Gasteiger partial charge in [0.05, 0.1) is 6.54 Å². The number of ether oxygens (including phenoxy) is 1. The molecule has 0 aliphatic heterocycles. The van der Waals surface area contributed by atoms with Gasteiger partial charge in [-0.3, -0.25) is 4.79 Å². The molecule has 0 bridgehead atoms. The van der Waals surface area contributed by atoms with Crippen LogP contribution in [0.15, 0.2) is 91.3 Å². The third-order valence-corrected chi connectivity index (χ3v) is 5.24. The highest BCUT2D eigenvalue weighted by Gasteiger charge is 2.21. The first kappa shape index (κ1) is 21.2. The summed E-state index contributed by atoms with van der Waals surface area (Å²) in [6.45, 7) is 1.32. The molecule has 32 heavy (non-hydrogen) atoms. The third-order valence-electron chi connectivity index (χ3n) is 5.24. The molecule has 1 aromatic heterocycles. The van der Waals surface area contributed by atoms with Gasteiger partial charge >= 0.3 is 5.97 Å². The fraction of sp³-hybridized carbons (Fsp3) is 0.154. The van der Waals surface area contributed by atoms with E-state index in [4.69, 9.17) is 4.74 Å². The summed E-state index contributed by atoms with van der Waals surface area (Å²) in [7, 11) is 0. The van der Waals surface area contributed by atoms with Gasteiger partial charge in [0.25, 0.3) is 5.91 Å². The van der Waals surface area contributed by atoms with Gasteiger partial charge in [-0.25, -0.2) is 4.79 Å². The van der Waals surface area contributed by atoms with Crippen LogP contribution in [0.5, 0.6) is 5.75 Å². The number of carboxylic acid groups (broad SMARTS) is 1. The highest BCUT2D eigenvalue weighted by molar-refractivity contribution is 6.00. The summed E-state index contributed by atoms with van der Waals surface area (Å²) in [6, 6.07) is 23.2. The summed E-state index contributed by atoms with van der Waals surface area (Å²) in [5.41, 5.74) is 1.26. The van der Waals surface area contributed by atoms with Gasteiger partial charge in [-0.2, -0.15) is 0 Å². The molecule has 0 aliphatic rings. The molecule has 1 heterocycles. The van der Waals surface area contributed by atoms with Crippen LogP contribution >= 0.6 is 0 Å². The topological polar surface area (TPSA) is 80.6 Å². The van der Waals surface area contributed by atoms with Crippen molar-refractivity contribution in [3.8, 4) is 5.75 Å². The Bertz CT molecular complexity index is 1200. The molecule has 0 saturated carbocycles. The summed E-state index contributed by atoms with van der Waals surface area (Å²) in [5.74, 6) is -0.720. The van der Waals surface area contributed by atoms with E-state index in [2.05, 4.69) is 5.32 Å². The Hall–Kier alpha value is -4.06. The molecule has 1 amide bonds. The number of rotatable bonds is 9.